The summed E-state index contributed by atoms with van der Waals surface area (Å²) in [5.74, 6) is -0.745. The zero-order valence-electron chi connectivity index (χ0n) is 9.19. The Bertz CT molecular complexity index is 492. The fraction of sp³-hybridized carbons (Fsp3) is 0.444. The maximum atomic E-state index is 11.6. The van der Waals surface area contributed by atoms with E-state index < -0.39 is 16.9 Å². The van der Waals surface area contributed by atoms with E-state index in [1.165, 1.54) is 0 Å². The van der Waals surface area contributed by atoms with Crippen LogP contribution >= 0.6 is 27.3 Å². The summed E-state index contributed by atoms with van der Waals surface area (Å²) in [5.41, 5.74) is -0.139. The largest absolute Gasteiger partial charge is 0.461 e. The van der Waals surface area contributed by atoms with E-state index >= 15 is 0 Å². The van der Waals surface area contributed by atoms with Crippen LogP contribution in [0.15, 0.2) is 8.58 Å². The molecule has 0 aliphatic rings. The number of esters is 1. The van der Waals surface area contributed by atoms with Crippen LogP contribution in [-0.4, -0.2) is 29.8 Å². The first-order chi connectivity index (χ1) is 8.02. The van der Waals surface area contributed by atoms with E-state index in [1.807, 2.05) is 0 Å². The van der Waals surface area contributed by atoms with Crippen molar-refractivity contribution in [2.24, 2.45) is 0 Å². The van der Waals surface area contributed by atoms with Gasteiger partial charge in [0.05, 0.1) is 13.2 Å². The molecule has 94 valence electrons. The fourth-order valence-electron chi connectivity index (χ4n) is 1.07. The van der Waals surface area contributed by atoms with E-state index in [9.17, 15) is 14.4 Å². The zero-order chi connectivity index (χ0) is 13.0. The molecule has 0 aliphatic carbocycles. The molecule has 8 heteroatoms. The van der Waals surface area contributed by atoms with Crippen LogP contribution in [-0.2, 0) is 9.47 Å². The topological polar surface area (TPSA) is 74.6 Å². The second-order valence-electron chi connectivity index (χ2n) is 2.75. The van der Waals surface area contributed by atoms with Crippen LogP contribution in [0.25, 0.3) is 0 Å². The summed E-state index contributed by atoms with van der Waals surface area (Å²) in [5, 5.41) is 0. The first kappa shape index (κ1) is 13.9. The molecular formula is C9H10BrNO5S. The van der Waals surface area contributed by atoms with Crippen molar-refractivity contribution in [3.05, 3.63) is 19.1 Å². The van der Waals surface area contributed by atoms with Crippen molar-refractivity contribution in [2.45, 2.75) is 13.8 Å². The van der Waals surface area contributed by atoms with Crippen molar-refractivity contribution in [2.75, 3.05) is 13.2 Å². The molecule has 17 heavy (non-hydrogen) atoms. The molecule has 6 nitrogen and oxygen atoms in total. The van der Waals surface area contributed by atoms with Crippen molar-refractivity contribution in [3.8, 4) is 0 Å². The Morgan fingerprint density at radius 3 is 2.41 bits per heavy atom. The number of thiazole rings is 1. The lowest BCUT2D eigenvalue weighted by Crippen LogP contribution is -2.28. The fourth-order valence-corrected chi connectivity index (χ4v) is 2.51. The van der Waals surface area contributed by atoms with E-state index in [0.717, 1.165) is 11.3 Å². The number of hydrogen-bond acceptors (Lipinski definition) is 6. The summed E-state index contributed by atoms with van der Waals surface area (Å²) < 4.78 is 10.4. The maximum absolute atomic E-state index is 11.6. The predicted molar refractivity (Wildman–Crippen MR) is 64.7 cm³/mol. The minimum Gasteiger partial charge on any atom is -0.461 e. The maximum Gasteiger partial charge on any atom is 0.422 e. The van der Waals surface area contributed by atoms with Crippen LogP contribution in [0.5, 0.6) is 0 Å². The number of aromatic nitrogens is 1. The molecular weight excluding hydrogens is 314 g/mol. The van der Waals surface area contributed by atoms with E-state index in [0.29, 0.717) is 4.57 Å². The van der Waals surface area contributed by atoms with Crippen LogP contribution in [0.3, 0.4) is 0 Å². The number of nitrogens with zero attached hydrogens (tertiary/aromatic N) is 1. The highest BCUT2D eigenvalue weighted by Gasteiger charge is 2.26. The number of rotatable bonds is 3. The molecule has 0 bridgehead atoms. The Labute approximate surface area is 109 Å². The minimum absolute atomic E-state index is 0.112. The van der Waals surface area contributed by atoms with Gasteiger partial charge in [-0.25, -0.2) is 9.59 Å². The number of halogens is 1. The van der Waals surface area contributed by atoms with Crippen molar-refractivity contribution in [3.63, 3.8) is 0 Å². The average molecular weight is 324 g/mol. The molecule has 1 aromatic heterocycles. The third kappa shape index (κ3) is 2.95. The summed E-state index contributed by atoms with van der Waals surface area (Å²) in [6.45, 7) is 3.50. The molecule has 0 aromatic carbocycles. The molecule has 0 amide bonds. The number of carbonyl (C=O) groups is 2. The van der Waals surface area contributed by atoms with Gasteiger partial charge < -0.3 is 9.47 Å². The molecule has 0 fully saturated rings. The molecule has 0 saturated carbocycles. The van der Waals surface area contributed by atoms with Gasteiger partial charge in [-0.1, -0.05) is 11.3 Å². The van der Waals surface area contributed by atoms with Crippen molar-refractivity contribution in [1.29, 1.82) is 0 Å². The molecule has 1 heterocycles. The Morgan fingerprint density at radius 2 is 1.88 bits per heavy atom. The van der Waals surface area contributed by atoms with Gasteiger partial charge in [0, 0.05) is 0 Å². The number of hydrogen-bond donors (Lipinski definition) is 0. The third-order valence-electron chi connectivity index (χ3n) is 1.69. The Morgan fingerprint density at radius 1 is 1.29 bits per heavy atom. The third-order valence-corrected chi connectivity index (χ3v) is 3.28. The van der Waals surface area contributed by atoms with Crippen molar-refractivity contribution < 1.29 is 19.1 Å². The van der Waals surface area contributed by atoms with Gasteiger partial charge in [-0.2, -0.15) is 4.57 Å². The van der Waals surface area contributed by atoms with Gasteiger partial charge in [0.25, 0.3) is 0 Å². The molecule has 0 radical (unpaired) electrons. The number of ether oxygens (including phenoxy) is 2. The lowest BCUT2D eigenvalue weighted by Gasteiger charge is -2.05. The molecule has 0 unspecified atom stereocenters. The zero-order valence-corrected chi connectivity index (χ0v) is 11.6. The van der Waals surface area contributed by atoms with Crippen molar-refractivity contribution in [1.82, 2.24) is 4.57 Å². The quantitative estimate of drug-likeness (QED) is 0.793. The lowest BCUT2D eigenvalue weighted by molar-refractivity contribution is 0.0510. The first-order valence-electron chi connectivity index (χ1n) is 4.78. The normalized spacial score (nSPS) is 10.1. The predicted octanol–water partition coefficient (Wildman–Crippen LogP) is 1.85. The standard InChI is InChI=1S/C9H10BrNO5S/c1-3-15-7(12)5-6(10)17-9(14)11(5)8(13)16-4-2/h3-4H2,1-2H3. The summed E-state index contributed by atoms with van der Waals surface area (Å²) in [4.78, 5) is 34.1. The van der Waals surface area contributed by atoms with Gasteiger partial charge in [0.15, 0.2) is 5.69 Å². The van der Waals surface area contributed by atoms with Gasteiger partial charge in [-0.05, 0) is 29.8 Å². The molecule has 0 spiro atoms. The SMILES string of the molecule is CCOC(=O)c1c(Br)sc(=O)n1C(=O)OCC. The molecule has 0 N–H and O–H groups in total. The first-order valence-corrected chi connectivity index (χ1v) is 6.39. The summed E-state index contributed by atoms with van der Waals surface area (Å²) in [7, 11) is 0. The Hall–Kier alpha value is -1.15. The molecule has 0 aliphatic heterocycles. The highest BCUT2D eigenvalue weighted by atomic mass is 79.9. The van der Waals surface area contributed by atoms with Crippen LogP contribution in [0.1, 0.15) is 24.3 Å². The van der Waals surface area contributed by atoms with E-state index in [4.69, 9.17) is 9.47 Å². The highest BCUT2D eigenvalue weighted by Crippen LogP contribution is 2.21. The number of carbonyl (C=O) groups excluding carboxylic acids is 2. The second kappa shape index (κ2) is 5.97. The van der Waals surface area contributed by atoms with E-state index in [2.05, 4.69) is 15.9 Å². The Kier molecular flexibility index (Phi) is 4.88. The Balaban J connectivity index is 3.24. The molecule has 1 rings (SSSR count). The summed E-state index contributed by atoms with van der Waals surface area (Å²) in [6, 6.07) is 0. The van der Waals surface area contributed by atoms with Gasteiger partial charge in [-0.3, -0.25) is 4.79 Å². The average Bonchev–Trinajstić information content (AvgIpc) is 2.54. The lowest BCUT2D eigenvalue weighted by atomic mass is 10.5. The van der Waals surface area contributed by atoms with Crippen LogP contribution in [0.2, 0.25) is 0 Å². The van der Waals surface area contributed by atoms with Gasteiger partial charge in [-0.15, -0.1) is 0 Å². The molecule has 0 saturated heterocycles. The van der Waals surface area contributed by atoms with Crippen LogP contribution < -0.4 is 4.87 Å². The second-order valence-corrected chi connectivity index (χ2v) is 5.02. The summed E-state index contributed by atoms with van der Waals surface area (Å²) in [6.07, 6.45) is -0.887. The molecule has 0 atom stereocenters. The monoisotopic (exact) mass is 323 g/mol. The highest BCUT2D eigenvalue weighted by molar-refractivity contribution is 9.11. The van der Waals surface area contributed by atoms with Crippen LogP contribution in [0.4, 0.5) is 4.79 Å². The smallest absolute Gasteiger partial charge is 0.422 e. The van der Waals surface area contributed by atoms with Gasteiger partial charge >= 0.3 is 16.9 Å². The van der Waals surface area contributed by atoms with E-state index in [1.54, 1.807) is 13.8 Å². The minimum atomic E-state index is -0.887. The van der Waals surface area contributed by atoms with Gasteiger partial charge in [0.2, 0.25) is 0 Å². The van der Waals surface area contributed by atoms with Gasteiger partial charge in [0.1, 0.15) is 3.79 Å². The summed E-state index contributed by atoms with van der Waals surface area (Å²) >= 11 is 3.77. The molecule has 1 aromatic rings. The van der Waals surface area contributed by atoms with Crippen LogP contribution in [0, 0.1) is 0 Å². The van der Waals surface area contributed by atoms with Crippen molar-refractivity contribution >= 4 is 39.3 Å². The van der Waals surface area contributed by atoms with E-state index in [-0.39, 0.29) is 22.7 Å².